The molecule has 2 nitrogen and oxygen atoms in total. The molecule has 0 fully saturated rings. The van der Waals surface area contributed by atoms with Crippen molar-refractivity contribution in [3.63, 3.8) is 0 Å². The Morgan fingerprint density at radius 3 is 2.11 bits per heavy atom. The Morgan fingerprint density at radius 2 is 1.56 bits per heavy atom. The third-order valence-electron chi connectivity index (χ3n) is 2.59. The lowest BCUT2D eigenvalue weighted by Crippen LogP contribution is -2.09. The first-order valence-electron chi connectivity index (χ1n) is 5.55. The molecule has 18 heavy (non-hydrogen) atoms. The van der Waals surface area contributed by atoms with Crippen LogP contribution in [-0.4, -0.2) is 0 Å². The van der Waals surface area contributed by atoms with E-state index in [0.29, 0.717) is 0 Å². The van der Waals surface area contributed by atoms with Crippen LogP contribution < -0.4 is 4.74 Å². The molecule has 1 atom stereocenters. The van der Waals surface area contributed by atoms with E-state index < -0.39 is 4.87 Å². The second kappa shape index (κ2) is 5.12. The molecule has 0 aromatic heterocycles. The Hall–Kier alpha value is -1.98. The van der Waals surface area contributed by atoms with Gasteiger partial charge in [0.2, 0.25) is 0 Å². The zero-order valence-electron chi connectivity index (χ0n) is 9.93. The van der Waals surface area contributed by atoms with Crippen LogP contribution >= 0.6 is 11.6 Å². The first kappa shape index (κ1) is 12.5. The highest BCUT2D eigenvalue weighted by Crippen LogP contribution is 2.30. The lowest BCUT2D eigenvalue weighted by Gasteiger charge is -2.13. The maximum atomic E-state index is 8.94. The highest BCUT2D eigenvalue weighted by molar-refractivity contribution is 6.25. The van der Waals surface area contributed by atoms with E-state index in [1.54, 1.807) is 31.2 Å². The fourth-order valence-electron chi connectivity index (χ4n) is 1.53. The Kier molecular flexibility index (Phi) is 3.55. The predicted octanol–water partition coefficient (Wildman–Crippen LogP) is 4.46. The van der Waals surface area contributed by atoms with Crippen molar-refractivity contribution in [2.75, 3.05) is 0 Å². The summed E-state index contributed by atoms with van der Waals surface area (Å²) >= 11 is 6.06. The number of hydrogen-bond donors (Lipinski definition) is 0. The summed E-state index contributed by atoms with van der Waals surface area (Å²) in [6.07, 6.45) is 0. The second-order valence-corrected chi connectivity index (χ2v) is 4.81. The summed E-state index contributed by atoms with van der Waals surface area (Å²) in [5.74, 6) is 1.49. The van der Waals surface area contributed by atoms with Crippen molar-refractivity contribution in [3.05, 3.63) is 60.2 Å². The van der Waals surface area contributed by atoms with E-state index in [-0.39, 0.29) is 0 Å². The Balaban J connectivity index is 2.17. The van der Waals surface area contributed by atoms with Crippen LogP contribution in [-0.2, 0) is 4.87 Å². The molecule has 2 aromatic carbocycles. The zero-order chi connectivity index (χ0) is 13.0. The van der Waals surface area contributed by atoms with Gasteiger partial charge in [-0.2, -0.15) is 5.26 Å². The molecular weight excluding hydrogens is 246 g/mol. The molecule has 0 saturated carbocycles. The van der Waals surface area contributed by atoms with E-state index in [1.807, 2.05) is 30.3 Å². The largest absolute Gasteiger partial charge is 0.457 e. The summed E-state index contributed by atoms with van der Waals surface area (Å²) in [5, 5.41) is 8.94. The van der Waals surface area contributed by atoms with Crippen LogP contribution in [0.25, 0.3) is 0 Å². The minimum atomic E-state index is -0.995. The Bertz CT molecular complexity index is 555. The number of nitrogens with zero attached hydrogens (tertiary/aromatic N) is 1. The summed E-state index contributed by atoms with van der Waals surface area (Å²) in [6.45, 7) is 1.67. The summed E-state index contributed by atoms with van der Waals surface area (Å²) in [4.78, 5) is -0.995. The van der Waals surface area contributed by atoms with Crippen LogP contribution in [0.4, 0.5) is 0 Å². The molecule has 0 N–H and O–H groups in total. The number of benzene rings is 2. The topological polar surface area (TPSA) is 33.0 Å². The Labute approximate surface area is 111 Å². The van der Waals surface area contributed by atoms with Gasteiger partial charge in [-0.25, -0.2) is 0 Å². The Morgan fingerprint density at radius 1 is 1.00 bits per heavy atom. The number of ether oxygens (including phenoxy) is 1. The van der Waals surface area contributed by atoms with Crippen molar-refractivity contribution in [1.29, 1.82) is 5.26 Å². The average Bonchev–Trinajstić information content (AvgIpc) is 2.40. The van der Waals surface area contributed by atoms with Crippen molar-refractivity contribution in [1.82, 2.24) is 0 Å². The molecule has 0 radical (unpaired) electrons. The number of nitriles is 1. The van der Waals surface area contributed by atoms with E-state index in [1.165, 1.54) is 0 Å². The number of alkyl halides is 1. The van der Waals surface area contributed by atoms with E-state index in [4.69, 9.17) is 21.6 Å². The van der Waals surface area contributed by atoms with E-state index in [0.717, 1.165) is 17.1 Å². The second-order valence-electron chi connectivity index (χ2n) is 4.05. The number of hydrogen-bond acceptors (Lipinski definition) is 2. The molecule has 3 heteroatoms. The van der Waals surface area contributed by atoms with Crippen molar-refractivity contribution >= 4 is 11.6 Å². The van der Waals surface area contributed by atoms with Crippen LogP contribution in [0.15, 0.2) is 54.6 Å². The molecule has 0 aliphatic rings. The van der Waals surface area contributed by atoms with Crippen LogP contribution in [0.1, 0.15) is 12.5 Å². The maximum absolute atomic E-state index is 8.94. The number of halogens is 1. The number of para-hydroxylation sites is 1. The van der Waals surface area contributed by atoms with Gasteiger partial charge in [0.25, 0.3) is 0 Å². The van der Waals surface area contributed by atoms with E-state index in [2.05, 4.69) is 6.07 Å². The molecule has 90 valence electrons. The molecular formula is C15H12ClNO. The summed E-state index contributed by atoms with van der Waals surface area (Å²) < 4.78 is 5.65. The molecule has 1 unspecified atom stereocenters. The van der Waals surface area contributed by atoms with Gasteiger partial charge in [-0.05, 0) is 36.8 Å². The predicted molar refractivity (Wildman–Crippen MR) is 71.8 cm³/mol. The molecule has 0 bridgehead atoms. The van der Waals surface area contributed by atoms with Crippen molar-refractivity contribution in [2.24, 2.45) is 0 Å². The summed E-state index contributed by atoms with van der Waals surface area (Å²) in [7, 11) is 0. The molecule has 0 spiro atoms. The minimum absolute atomic E-state index is 0.718. The summed E-state index contributed by atoms with van der Waals surface area (Å²) in [6, 6.07) is 18.8. The fourth-order valence-corrected chi connectivity index (χ4v) is 1.65. The number of rotatable bonds is 3. The standard InChI is InChI=1S/C15H12ClNO/c1-15(16,11-17)12-7-9-14(10-8-12)18-13-5-3-2-4-6-13/h2-10H,1H3. The summed E-state index contributed by atoms with van der Waals surface area (Å²) in [5.41, 5.74) is 0.757. The van der Waals surface area contributed by atoms with Crippen molar-refractivity contribution in [3.8, 4) is 17.6 Å². The lowest BCUT2D eigenvalue weighted by atomic mass is 10.0. The molecule has 0 amide bonds. The lowest BCUT2D eigenvalue weighted by molar-refractivity contribution is 0.482. The van der Waals surface area contributed by atoms with Gasteiger partial charge in [-0.15, -0.1) is 0 Å². The van der Waals surface area contributed by atoms with Gasteiger partial charge in [0, 0.05) is 0 Å². The van der Waals surface area contributed by atoms with Crippen molar-refractivity contribution in [2.45, 2.75) is 11.8 Å². The maximum Gasteiger partial charge on any atom is 0.153 e. The van der Waals surface area contributed by atoms with Gasteiger partial charge in [-0.3, -0.25) is 0 Å². The molecule has 2 rings (SSSR count). The van der Waals surface area contributed by atoms with Crippen molar-refractivity contribution < 1.29 is 4.74 Å². The van der Waals surface area contributed by atoms with Gasteiger partial charge in [0.05, 0.1) is 6.07 Å². The van der Waals surface area contributed by atoms with Gasteiger partial charge in [-0.1, -0.05) is 41.9 Å². The average molecular weight is 258 g/mol. The smallest absolute Gasteiger partial charge is 0.153 e. The zero-order valence-corrected chi connectivity index (χ0v) is 10.7. The molecule has 0 heterocycles. The third-order valence-corrected chi connectivity index (χ3v) is 2.89. The van der Waals surface area contributed by atoms with E-state index in [9.17, 15) is 0 Å². The first-order chi connectivity index (χ1) is 8.62. The normalized spacial score (nSPS) is 13.4. The van der Waals surface area contributed by atoms with Crippen LogP contribution in [0.2, 0.25) is 0 Å². The monoisotopic (exact) mass is 257 g/mol. The highest BCUT2D eigenvalue weighted by atomic mass is 35.5. The quantitative estimate of drug-likeness (QED) is 0.761. The first-order valence-corrected chi connectivity index (χ1v) is 5.93. The molecule has 0 saturated heterocycles. The third kappa shape index (κ3) is 2.82. The van der Waals surface area contributed by atoms with Crippen LogP contribution in [0.3, 0.4) is 0 Å². The SMILES string of the molecule is CC(Cl)(C#N)c1ccc(Oc2ccccc2)cc1. The fraction of sp³-hybridized carbons (Fsp3) is 0.133. The van der Waals surface area contributed by atoms with Gasteiger partial charge < -0.3 is 4.74 Å². The van der Waals surface area contributed by atoms with Gasteiger partial charge >= 0.3 is 0 Å². The molecule has 0 aliphatic heterocycles. The molecule has 2 aromatic rings. The minimum Gasteiger partial charge on any atom is -0.457 e. The molecule has 0 aliphatic carbocycles. The van der Waals surface area contributed by atoms with Gasteiger partial charge in [0.15, 0.2) is 4.87 Å². The van der Waals surface area contributed by atoms with Gasteiger partial charge in [0.1, 0.15) is 11.5 Å². The highest BCUT2D eigenvalue weighted by Gasteiger charge is 2.22. The van der Waals surface area contributed by atoms with Crippen LogP contribution in [0, 0.1) is 11.3 Å². The van der Waals surface area contributed by atoms with E-state index >= 15 is 0 Å². The van der Waals surface area contributed by atoms with Crippen LogP contribution in [0.5, 0.6) is 11.5 Å².